The van der Waals surface area contributed by atoms with Gasteiger partial charge in [-0.15, -0.1) is 11.3 Å². The summed E-state index contributed by atoms with van der Waals surface area (Å²) in [5.74, 6) is 0. The Morgan fingerprint density at radius 2 is 2.40 bits per heavy atom. The summed E-state index contributed by atoms with van der Waals surface area (Å²) in [5.41, 5.74) is 5.88. The van der Waals surface area contributed by atoms with E-state index in [9.17, 15) is 0 Å². The molecule has 0 amide bonds. The molecule has 0 aliphatic carbocycles. The molecule has 0 bridgehead atoms. The maximum absolute atomic E-state index is 5.99. The maximum Gasteiger partial charge on any atom is 0.0472 e. The van der Waals surface area contributed by atoms with Gasteiger partial charge >= 0.3 is 0 Å². The summed E-state index contributed by atoms with van der Waals surface area (Å²) in [6, 6.07) is 4.13. The Kier molecular flexibility index (Phi) is 2.11. The standard InChI is InChI=1S/C8H13NS/c1-3-8(2,9)7-5-4-6-10-7/h4-6H,3,9H2,1-2H3/t8-/m1/s1. The Hall–Kier alpha value is -0.340. The van der Waals surface area contributed by atoms with E-state index in [1.54, 1.807) is 11.3 Å². The van der Waals surface area contributed by atoms with Crippen molar-refractivity contribution in [2.24, 2.45) is 5.73 Å². The van der Waals surface area contributed by atoms with Crippen molar-refractivity contribution in [3.05, 3.63) is 22.4 Å². The molecule has 1 aromatic rings. The molecule has 0 fully saturated rings. The van der Waals surface area contributed by atoms with E-state index in [1.807, 2.05) is 6.07 Å². The largest absolute Gasteiger partial charge is 0.321 e. The van der Waals surface area contributed by atoms with Crippen LogP contribution in [0.3, 0.4) is 0 Å². The van der Waals surface area contributed by atoms with E-state index in [2.05, 4.69) is 25.3 Å². The summed E-state index contributed by atoms with van der Waals surface area (Å²) in [5, 5.41) is 2.07. The topological polar surface area (TPSA) is 26.0 Å². The number of hydrogen-bond donors (Lipinski definition) is 1. The first-order chi connectivity index (χ1) is 4.67. The van der Waals surface area contributed by atoms with Crippen molar-refractivity contribution in [1.82, 2.24) is 0 Å². The predicted octanol–water partition coefficient (Wildman–Crippen LogP) is 2.33. The van der Waals surface area contributed by atoms with E-state index in [4.69, 9.17) is 5.73 Å². The average Bonchev–Trinajstić information content (AvgIpc) is 2.38. The van der Waals surface area contributed by atoms with Crippen LogP contribution in [0.15, 0.2) is 17.5 Å². The molecule has 0 aromatic carbocycles. The van der Waals surface area contributed by atoms with Gasteiger partial charge in [0.1, 0.15) is 0 Å². The van der Waals surface area contributed by atoms with Crippen LogP contribution in [0.5, 0.6) is 0 Å². The van der Waals surface area contributed by atoms with Crippen LogP contribution < -0.4 is 5.73 Å². The monoisotopic (exact) mass is 155 g/mol. The van der Waals surface area contributed by atoms with Gasteiger partial charge in [0.25, 0.3) is 0 Å². The third-order valence-corrected chi connectivity index (χ3v) is 2.97. The molecule has 1 atom stereocenters. The zero-order valence-corrected chi connectivity index (χ0v) is 7.24. The Labute approximate surface area is 65.9 Å². The summed E-state index contributed by atoms with van der Waals surface area (Å²) < 4.78 is 0. The van der Waals surface area contributed by atoms with Crippen LogP contribution in [0.1, 0.15) is 25.1 Å². The highest BCUT2D eigenvalue weighted by molar-refractivity contribution is 7.10. The van der Waals surface area contributed by atoms with Crippen LogP contribution in [0.25, 0.3) is 0 Å². The van der Waals surface area contributed by atoms with E-state index < -0.39 is 0 Å². The second-order valence-corrected chi connectivity index (χ2v) is 3.70. The van der Waals surface area contributed by atoms with Crippen molar-refractivity contribution < 1.29 is 0 Å². The lowest BCUT2D eigenvalue weighted by atomic mass is 9.99. The molecule has 1 rings (SSSR count). The SMILES string of the molecule is CC[C@@](C)(N)c1cccs1. The quantitative estimate of drug-likeness (QED) is 0.697. The van der Waals surface area contributed by atoms with Crippen molar-refractivity contribution in [2.45, 2.75) is 25.8 Å². The minimum absolute atomic E-state index is 0.117. The van der Waals surface area contributed by atoms with Gasteiger partial charge in [-0.05, 0) is 24.8 Å². The summed E-state index contributed by atoms with van der Waals surface area (Å²) in [6.07, 6.45) is 0.994. The third kappa shape index (κ3) is 1.39. The summed E-state index contributed by atoms with van der Waals surface area (Å²) in [4.78, 5) is 1.27. The van der Waals surface area contributed by atoms with Crippen molar-refractivity contribution in [3.63, 3.8) is 0 Å². The van der Waals surface area contributed by atoms with E-state index in [0.717, 1.165) is 6.42 Å². The van der Waals surface area contributed by atoms with Gasteiger partial charge in [-0.1, -0.05) is 13.0 Å². The maximum atomic E-state index is 5.99. The van der Waals surface area contributed by atoms with Gasteiger partial charge in [0.2, 0.25) is 0 Å². The lowest BCUT2D eigenvalue weighted by Gasteiger charge is -2.20. The number of hydrogen-bond acceptors (Lipinski definition) is 2. The van der Waals surface area contributed by atoms with Crippen molar-refractivity contribution >= 4 is 11.3 Å². The van der Waals surface area contributed by atoms with Gasteiger partial charge in [0.05, 0.1) is 0 Å². The van der Waals surface area contributed by atoms with Crippen LogP contribution in [0.4, 0.5) is 0 Å². The summed E-state index contributed by atoms with van der Waals surface area (Å²) in [7, 11) is 0. The predicted molar refractivity (Wildman–Crippen MR) is 46.1 cm³/mol. The number of thiophene rings is 1. The van der Waals surface area contributed by atoms with Gasteiger partial charge in [-0.25, -0.2) is 0 Å². The smallest absolute Gasteiger partial charge is 0.0472 e. The molecule has 0 spiro atoms. The van der Waals surface area contributed by atoms with Gasteiger partial charge in [0, 0.05) is 10.4 Å². The fourth-order valence-electron chi connectivity index (χ4n) is 0.778. The molecule has 1 aromatic heterocycles. The summed E-state index contributed by atoms with van der Waals surface area (Å²) in [6.45, 7) is 4.18. The molecule has 1 nitrogen and oxygen atoms in total. The van der Waals surface area contributed by atoms with Crippen molar-refractivity contribution in [1.29, 1.82) is 0 Å². The fourth-order valence-corrected chi connectivity index (χ4v) is 1.65. The molecule has 0 aliphatic rings. The third-order valence-electron chi connectivity index (χ3n) is 1.82. The van der Waals surface area contributed by atoms with Crippen molar-refractivity contribution in [3.8, 4) is 0 Å². The molecule has 0 saturated heterocycles. The highest BCUT2D eigenvalue weighted by atomic mass is 32.1. The van der Waals surface area contributed by atoms with Crippen LogP contribution in [0, 0.1) is 0 Å². The van der Waals surface area contributed by atoms with Gasteiger partial charge in [-0.2, -0.15) is 0 Å². The van der Waals surface area contributed by atoms with E-state index in [0.29, 0.717) is 0 Å². The minimum Gasteiger partial charge on any atom is -0.321 e. The minimum atomic E-state index is -0.117. The summed E-state index contributed by atoms with van der Waals surface area (Å²) >= 11 is 1.73. The molecular weight excluding hydrogens is 142 g/mol. The first-order valence-corrected chi connectivity index (χ1v) is 4.37. The molecule has 2 heteroatoms. The van der Waals surface area contributed by atoms with Crippen LogP contribution in [0.2, 0.25) is 0 Å². The van der Waals surface area contributed by atoms with Gasteiger partial charge < -0.3 is 5.73 Å². The molecule has 10 heavy (non-hydrogen) atoms. The number of nitrogens with two attached hydrogens (primary N) is 1. The normalized spacial score (nSPS) is 16.7. The highest BCUT2D eigenvalue weighted by Gasteiger charge is 2.18. The average molecular weight is 155 g/mol. The Balaban J connectivity index is 2.85. The fraction of sp³-hybridized carbons (Fsp3) is 0.500. The molecule has 0 radical (unpaired) electrons. The molecular formula is C8H13NS. The van der Waals surface area contributed by atoms with Gasteiger partial charge in [-0.3, -0.25) is 0 Å². The highest BCUT2D eigenvalue weighted by Crippen LogP contribution is 2.25. The molecule has 0 aliphatic heterocycles. The Morgan fingerprint density at radius 1 is 1.70 bits per heavy atom. The first kappa shape index (κ1) is 7.76. The molecule has 0 unspecified atom stereocenters. The molecule has 0 saturated carbocycles. The Morgan fingerprint density at radius 3 is 2.80 bits per heavy atom. The number of rotatable bonds is 2. The zero-order valence-electron chi connectivity index (χ0n) is 6.42. The lowest BCUT2D eigenvalue weighted by Crippen LogP contribution is -2.30. The lowest BCUT2D eigenvalue weighted by molar-refractivity contribution is 0.486. The molecule has 2 N–H and O–H groups in total. The van der Waals surface area contributed by atoms with Gasteiger partial charge in [0.15, 0.2) is 0 Å². The first-order valence-electron chi connectivity index (χ1n) is 3.49. The van der Waals surface area contributed by atoms with E-state index in [1.165, 1.54) is 4.88 Å². The van der Waals surface area contributed by atoms with Crippen LogP contribution in [-0.2, 0) is 5.54 Å². The zero-order chi connectivity index (χ0) is 7.61. The van der Waals surface area contributed by atoms with Crippen LogP contribution >= 0.6 is 11.3 Å². The Bertz CT molecular complexity index is 189. The second kappa shape index (κ2) is 2.72. The van der Waals surface area contributed by atoms with E-state index in [-0.39, 0.29) is 5.54 Å². The van der Waals surface area contributed by atoms with Crippen LogP contribution in [-0.4, -0.2) is 0 Å². The molecule has 1 heterocycles. The second-order valence-electron chi connectivity index (χ2n) is 2.75. The van der Waals surface area contributed by atoms with E-state index >= 15 is 0 Å². The molecule has 56 valence electrons. The van der Waals surface area contributed by atoms with Crippen molar-refractivity contribution in [2.75, 3.05) is 0 Å².